The third-order valence-electron chi connectivity index (χ3n) is 6.31. The quantitative estimate of drug-likeness (QED) is 0.339. The van der Waals surface area contributed by atoms with Gasteiger partial charge in [-0.15, -0.1) is 0 Å². The van der Waals surface area contributed by atoms with Crippen molar-refractivity contribution in [2.75, 3.05) is 19.8 Å². The molecule has 4 N–H and O–H groups in total. The molecule has 0 aromatic heterocycles. The molecule has 0 saturated heterocycles. The van der Waals surface area contributed by atoms with Crippen molar-refractivity contribution < 1.29 is 28.6 Å². The van der Waals surface area contributed by atoms with Gasteiger partial charge in [0.25, 0.3) is 11.8 Å². The molecule has 0 unspecified atom stereocenters. The Hall–Kier alpha value is -2.85. The van der Waals surface area contributed by atoms with Crippen molar-refractivity contribution in [2.45, 2.75) is 43.4 Å². The minimum absolute atomic E-state index is 0.0152. The lowest BCUT2D eigenvalue weighted by Crippen LogP contribution is -2.46. The number of rotatable bonds is 11. The second-order valence-electron chi connectivity index (χ2n) is 9.22. The van der Waals surface area contributed by atoms with E-state index in [1.54, 1.807) is 12.1 Å². The topological polar surface area (TPSA) is 109 Å². The maximum absolute atomic E-state index is 13.5. The summed E-state index contributed by atoms with van der Waals surface area (Å²) in [6, 6.07) is 8.93. The van der Waals surface area contributed by atoms with Gasteiger partial charge < -0.3 is 30.5 Å². The van der Waals surface area contributed by atoms with E-state index < -0.39 is 17.8 Å². The zero-order valence-electron chi connectivity index (χ0n) is 20.0. The normalized spacial score (nSPS) is 19.2. The number of ether oxygens (including phenoxy) is 2. The van der Waals surface area contributed by atoms with Crippen LogP contribution in [0.2, 0.25) is 10.0 Å². The van der Waals surface area contributed by atoms with E-state index in [-0.39, 0.29) is 48.0 Å². The summed E-state index contributed by atoms with van der Waals surface area (Å²) < 4.78 is 24.6. The summed E-state index contributed by atoms with van der Waals surface area (Å²) in [4.78, 5) is 25.0. The lowest BCUT2D eigenvalue weighted by atomic mass is 9.94. The second-order valence-corrected chi connectivity index (χ2v) is 10.1. The predicted octanol–water partition coefficient (Wildman–Crippen LogP) is 3.65. The molecule has 37 heavy (non-hydrogen) atoms. The monoisotopic (exact) mass is 551 g/mol. The van der Waals surface area contributed by atoms with Crippen LogP contribution in [-0.4, -0.2) is 48.3 Å². The van der Waals surface area contributed by atoms with Crippen molar-refractivity contribution in [3.8, 4) is 11.5 Å². The van der Waals surface area contributed by atoms with E-state index in [1.165, 1.54) is 12.1 Å². The molecule has 0 radical (unpaired) electrons. The fourth-order valence-electron chi connectivity index (χ4n) is 4.04. The fourth-order valence-corrected chi connectivity index (χ4v) is 4.34. The number of aliphatic hydroxyl groups is 1. The van der Waals surface area contributed by atoms with E-state index in [4.69, 9.17) is 32.7 Å². The molecule has 2 aromatic carbocycles. The summed E-state index contributed by atoms with van der Waals surface area (Å²) >= 11 is 11.8. The molecule has 2 aromatic rings. The van der Waals surface area contributed by atoms with Crippen molar-refractivity contribution in [3.05, 3.63) is 70.1 Å². The number of halogens is 3. The smallest absolute Gasteiger partial charge is 0.265 e. The molecule has 1 aliphatic carbocycles. The van der Waals surface area contributed by atoms with Crippen LogP contribution in [0.4, 0.5) is 4.39 Å². The Morgan fingerprint density at radius 3 is 2.70 bits per heavy atom. The summed E-state index contributed by atoms with van der Waals surface area (Å²) in [5, 5.41) is 19.2. The van der Waals surface area contributed by atoms with Crippen molar-refractivity contribution in [1.29, 1.82) is 0 Å². The Balaban J connectivity index is 1.24. The van der Waals surface area contributed by atoms with E-state index in [0.717, 1.165) is 24.5 Å². The largest absolute Gasteiger partial charge is 0.484 e. The number of amides is 2. The summed E-state index contributed by atoms with van der Waals surface area (Å²) in [5.74, 6) is -0.661. The summed E-state index contributed by atoms with van der Waals surface area (Å²) in [7, 11) is 0. The molecule has 11 heteroatoms. The van der Waals surface area contributed by atoms with E-state index >= 15 is 0 Å². The van der Waals surface area contributed by atoms with Crippen LogP contribution in [0.3, 0.4) is 0 Å². The third-order valence-corrected chi connectivity index (χ3v) is 6.85. The van der Waals surface area contributed by atoms with Crippen LogP contribution in [0.5, 0.6) is 11.5 Å². The molecule has 198 valence electrons. The maximum atomic E-state index is 13.5. The predicted molar refractivity (Wildman–Crippen MR) is 137 cm³/mol. The van der Waals surface area contributed by atoms with Gasteiger partial charge in [0.15, 0.2) is 12.7 Å². The van der Waals surface area contributed by atoms with Gasteiger partial charge in [0.1, 0.15) is 17.3 Å². The number of carbonyl (C=O) groups is 2. The van der Waals surface area contributed by atoms with Crippen LogP contribution in [0.25, 0.3) is 0 Å². The molecule has 4 rings (SSSR count). The molecule has 2 amide bonds. The number of hydrogen-bond acceptors (Lipinski definition) is 6. The summed E-state index contributed by atoms with van der Waals surface area (Å²) in [5.41, 5.74) is 0.923. The van der Waals surface area contributed by atoms with Gasteiger partial charge in [-0.3, -0.25) is 9.59 Å². The molecule has 0 spiro atoms. The number of nitrogens with one attached hydrogen (secondary N) is 3. The Morgan fingerprint density at radius 2 is 2.00 bits per heavy atom. The minimum Gasteiger partial charge on any atom is -0.484 e. The fraction of sp³-hybridized carbons (Fsp3) is 0.385. The highest BCUT2D eigenvalue weighted by molar-refractivity contribution is 6.31. The molecule has 1 saturated carbocycles. The molecule has 8 nitrogen and oxygen atoms in total. The average Bonchev–Trinajstić information content (AvgIpc) is 3.64. The lowest BCUT2D eigenvalue weighted by molar-refractivity contribution is -0.128. The minimum atomic E-state index is -0.778. The van der Waals surface area contributed by atoms with Crippen LogP contribution in [-0.2, 0) is 9.59 Å². The highest BCUT2D eigenvalue weighted by atomic mass is 35.5. The Labute approximate surface area is 224 Å². The van der Waals surface area contributed by atoms with Crippen LogP contribution in [0.15, 0.2) is 48.7 Å². The van der Waals surface area contributed by atoms with E-state index in [1.807, 2.05) is 6.07 Å². The SMILES string of the molecule is C=C(CCNC(=O)COc1ccc(Cl)c(F)c1)NC(=O)[C@H]1C[C@H](NC2(CO)CC2)c2cc(Cl)ccc2O1. The molecule has 1 fully saturated rings. The summed E-state index contributed by atoms with van der Waals surface area (Å²) in [6.45, 7) is 3.79. The summed E-state index contributed by atoms with van der Waals surface area (Å²) in [6.07, 6.45) is 1.59. The number of benzene rings is 2. The Morgan fingerprint density at radius 1 is 1.22 bits per heavy atom. The second kappa shape index (κ2) is 11.7. The molecular weight excluding hydrogens is 524 g/mol. The van der Waals surface area contributed by atoms with Crippen molar-refractivity contribution >= 4 is 35.0 Å². The van der Waals surface area contributed by atoms with Gasteiger partial charge in [-0.1, -0.05) is 29.8 Å². The van der Waals surface area contributed by atoms with Gasteiger partial charge in [0.05, 0.1) is 11.6 Å². The average molecular weight is 552 g/mol. The van der Waals surface area contributed by atoms with E-state index in [0.29, 0.717) is 29.3 Å². The van der Waals surface area contributed by atoms with Gasteiger partial charge in [-0.2, -0.15) is 0 Å². The Bertz CT molecular complexity index is 1190. The van der Waals surface area contributed by atoms with Crippen LogP contribution in [0.1, 0.15) is 37.3 Å². The molecule has 1 heterocycles. The van der Waals surface area contributed by atoms with E-state index in [9.17, 15) is 19.1 Å². The first-order valence-corrected chi connectivity index (χ1v) is 12.6. The van der Waals surface area contributed by atoms with Crippen LogP contribution in [0, 0.1) is 5.82 Å². The van der Waals surface area contributed by atoms with Crippen LogP contribution < -0.4 is 25.4 Å². The van der Waals surface area contributed by atoms with Crippen molar-refractivity contribution in [1.82, 2.24) is 16.0 Å². The Kier molecular flexibility index (Phi) is 8.59. The van der Waals surface area contributed by atoms with Crippen LogP contribution >= 0.6 is 23.2 Å². The number of carbonyl (C=O) groups excluding carboxylic acids is 2. The van der Waals surface area contributed by atoms with E-state index in [2.05, 4.69) is 22.5 Å². The van der Waals surface area contributed by atoms with Crippen molar-refractivity contribution in [3.63, 3.8) is 0 Å². The number of aliphatic hydroxyl groups excluding tert-OH is 1. The lowest BCUT2D eigenvalue weighted by Gasteiger charge is -2.34. The molecule has 0 bridgehead atoms. The van der Waals surface area contributed by atoms with Gasteiger partial charge >= 0.3 is 0 Å². The first kappa shape index (κ1) is 27.2. The number of fused-ring (bicyclic) bond motifs is 1. The zero-order chi connectivity index (χ0) is 26.6. The first-order valence-electron chi connectivity index (χ1n) is 11.9. The van der Waals surface area contributed by atoms with Gasteiger partial charge in [0, 0.05) is 53.3 Å². The van der Waals surface area contributed by atoms with Gasteiger partial charge in [-0.25, -0.2) is 4.39 Å². The molecule has 2 atom stereocenters. The van der Waals surface area contributed by atoms with Crippen molar-refractivity contribution in [2.24, 2.45) is 0 Å². The zero-order valence-corrected chi connectivity index (χ0v) is 21.5. The number of hydrogen-bond donors (Lipinski definition) is 4. The highest BCUT2D eigenvalue weighted by Crippen LogP contribution is 2.42. The standard InChI is InChI=1S/C26H28Cl2FN3O5/c1-15(6-9-30-24(34)13-36-17-3-4-19(28)20(29)11-17)31-25(35)23-12-21(32-26(14-33)7-8-26)18-10-16(27)2-5-22(18)37-23/h2-5,10-11,21,23,32-33H,1,6-9,12-14H2,(H,30,34)(H,31,35)/t21-,23+/m0/s1. The molecule has 2 aliphatic rings. The first-order chi connectivity index (χ1) is 17.7. The third kappa shape index (κ3) is 7.13. The highest BCUT2D eigenvalue weighted by Gasteiger charge is 2.45. The maximum Gasteiger partial charge on any atom is 0.265 e. The van der Waals surface area contributed by atoms with Gasteiger partial charge in [-0.05, 0) is 43.2 Å². The van der Waals surface area contributed by atoms with Gasteiger partial charge in [0.2, 0.25) is 0 Å². The molecule has 1 aliphatic heterocycles. The molecular formula is C26H28Cl2FN3O5.